The lowest BCUT2D eigenvalue weighted by molar-refractivity contribution is -0.127. The Hall–Kier alpha value is -3.09. The van der Waals surface area contributed by atoms with E-state index in [2.05, 4.69) is 27.9 Å². The van der Waals surface area contributed by atoms with Gasteiger partial charge in [0.15, 0.2) is 11.5 Å². The molecule has 0 unspecified atom stereocenters. The van der Waals surface area contributed by atoms with Crippen molar-refractivity contribution in [3.63, 3.8) is 0 Å². The summed E-state index contributed by atoms with van der Waals surface area (Å²) in [6.45, 7) is -0.507. The molecule has 1 aliphatic heterocycles. The molecule has 3 aromatic rings. The van der Waals surface area contributed by atoms with Crippen LogP contribution in [0.5, 0.6) is 11.5 Å². The van der Waals surface area contributed by atoms with Gasteiger partial charge in [-0.1, -0.05) is 23.7 Å². The van der Waals surface area contributed by atoms with Crippen molar-refractivity contribution < 1.29 is 28.2 Å². The normalized spacial score (nSPS) is 14.3. The largest absolute Gasteiger partial charge is 0.493 e. The van der Waals surface area contributed by atoms with E-state index in [1.807, 2.05) is 12.1 Å². The predicted octanol–water partition coefficient (Wildman–Crippen LogP) is 6.35. The lowest BCUT2D eigenvalue weighted by Crippen LogP contribution is -2.36. The number of hydrogen-bond donors (Lipinski definition) is 1. The molecule has 0 spiro atoms. The zero-order valence-electron chi connectivity index (χ0n) is 19.3. The average molecular weight is 653 g/mol. The molecule has 0 aromatic heterocycles. The Morgan fingerprint density at radius 3 is 2.59 bits per heavy atom. The first-order valence-electron chi connectivity index (χ1n) is 10.8. The highest BCUT2D eigenvalue weighted by molar-refractivity contribution is 14.1. The van der Waals surface area contributed by atoms with Crippen LogP contribution >= 0.6 is 46.0 Å². The van der Waals surface area contributed by atoms with Crippen molar-refractivity contribution in [3.8, 4) is 11.5 Å². The Morgan fingerprint density at radius 1 is 1.14 bits per heavy atom. The minimum Gasteiger partial charge on any atom is -0.493 e. The Morgan fingerprint density at radius 2 is 1.89 bits per heavy atom. The second-order valence-corrected chi connectivity index (χ2v) is 10.4. The molecule has 0 saturated carbocycles. The van der Waals surface area contributed by atoms with Crippen molar-refractivity contribution in [2.24, 2.45) is 0 Å². The lowest BCUT2D eigenvalue weighted by Gasteiger charge is -2.13. The molecule has 0 bridgehead atoms. The van der Waals surface area contributed by atoms with Crippen LogP contribution in [0, 0.1) is 9.39 Å². The number of ether oxygens (including phenoxy) is 2. The van der Waals surface area contributed by atoms with Crippen molar-refractivity contribution in [3.05, 3.63) is 91.1 Å². The Kier molecular flexibility index (Phi) is 8.72. The van der Waals surface area contributed by atoms with Gasteiger partial charge in [0.1, 0.15) is 19.0 Å². The van der Waals surface area contributed by atoms with Gasteiger partial charge in [-0.15, -0.1) is 0 Å². The van der Waals surface area contributed by atoms with Gasteiger partial charge in [-0.05, 0) is 94.5 Å². The number of imide groups is 1. The molecule has 0 radical (unpaired) electrons. The minimum atomic E-state index is -0.568. The second kappa shape index (κ2) is 12.0. The minimum absolute atomic E-state index is 0.107. The van der Waals surface area contributed by atoms with Crippen LogP contribution in [0.3, 0.4) is 0 Å². The van der Waals surface area contributed by atoms with Gasteiger partial charge in [0.05, 0.1) is 17.0 Å². The number of methoxy groups -OCH3 is 1. The summed E-state index contributed by atoms with van der Waals surface area (Å²) in [5.74, 6) is -0.841. The van der Waals surface area contributed by atoms with E-state index in [9.17, 15) is 18.8 Å². The summed E-state index contributed by atoms with van der Waals surface area (Å²) in [5, 5.41) is 2.38. The molecule has 1 fully saturated rings. The maximum atomic E-state index is 14.0. The van der Waals surface area contributed by atoms with E-state index in [-0.39, 0.29) is 22.1 Å². The van der Waals surface area contributed by atoms with Crippen molar-refractivity contribution in [1.29, 1.82) is 0 Å². The second-order valence-electron chi connectivity index (χ2n) is 7.72. The SMILES string of the molecule is COc1cc(/C=C2\SC(=O)N(CC(=O)Nc3ccc(I)cc3)C2=O)ccc1OCc1c(F)cccc1Cl. The molecular weight excluding hydrogens is 634 g/mol. The molecule has 0 aliphatic carbocycles. The van der Waals surface area contributed by atoms with E-state index in [1.54, 1.807) is 36.4 Å². The molecule has 37 heavy (non-hydrogen) atoms. The van der Waals surface area contributed by atoms with Gasteiger partial charge in [0, 0.05) is 14.8 Å². The molecule has 1 heterocycles. The molecule has 1 N–H and O–H groups in total. The van der Waals surface area contributed by atoms with Gasteiger partial charge >= 0.3 is 0 Å². The number of halogens is 3. The van der Waals surface area contributed by atoms with Crippen LogP contribution in [0.25, 0.3) is 6.08 Å². The van der Waals surface area contributed by atoms with Crippen LogP contribution in [0.4, 0.5) is 14.9 Å². The predicted molar refractivity (Wildman–Crippen MR) is 149 cm³/mol. The first-order chi connectivity index (χ1) is 17.7. The number of thioether (sulfide) groups is 1. The first kappa shape index (κ1) is 27.0. The molecule has 190 valence electrons. The summed E-state index contributed by atoms with van der Waals surface area (Å²) in [5.41, 5.74) is 1.36. The van der Waals surface area contributed by atoms with Gasteiger partial charge in [-0.25, -0.2) is 4.39 Å². The number of carbonyl (C=O) groups excluding carboxylic acids is 3. The molecule has 11 heteroatoms. The smallest absolute Gasteiger partial charge is 0.294 e. The summed E-state index contributed by atoms with van der Waals surface area (Å²) in [4.78, 5) is 38.7. The van der Waals surface area contributed by atoms with Crippen LogP contribution in [0.15, 0.2) is 65.6 Å². The third-order valence-corrected chi connectivity index (χ3v) is 7.20. The molecule has 3 amide bonds. The van der Waals surface area contributed by atoms with Gasteiger partial charge in [0.2, 0.25) is 5.91 Å². The van der Waals surface area contributed by atoms with Crippen LogP contribution in [-0.2, 0) is 16.2 Å². The topological polar surface area (TPSA) is 84.9 Å². The number of rotatable bonds is 8. The number of hydrogen-bond acceptors (Lipinski definition) is 6. The number of amides is 3. The average Bonchev–Trinajstić information content (AvgIpc) is 3.12. The first-order valence-corrected chi connectivity index (χ1v) is 13.1. The van der Waals surface area contributed by atoms with Crippen molar-refractivity contribution >= 4 is 74.8 Å². The fourth-order valence-corrected chi connectivity index (χ4v) is 4.79. The van der Waals surface area contributed by atoms with E-state index in [4.69, 9.17) is 21.1 Å². The van der Waals surface area contributed by atoms with Gasteiger partial charge < -0.3 is 14.8 Å². The summed E-state index contributed by atoms with van der Waals surface area (Å²) in [6.07, 6.45) is 1.53. The van der Waals surface area contributed by atoms with Crippen LogP contribution in [0.1, 0.15) is 11.1 Å². The maximum absolute atomic E-state index is 14.0. The highest BCUT2D eigenvalue weighted by Gasteiger charge is 2.36. The van der Waals surface area contributed by atoms with Gasteiger partial charge in [-0.2, -0.15) is 0 Å². The van der Waals surface area contributed by atoms with Crippen molar-refractivity contribution in [1.82, 2.24) is 4.90 Å². The number of carbonyl (C=O) groups is 3. The Labute approximate surface area is 235 Å². The zero-order valence-corrected chi connectivity index (χ0v) is 23.0. The summed E-state index contributed by atoms with van der Waals surface area (Å²) >= 11 is 8.95. The van der Waals surface area contributed by atoms with E-state index in [0.29, 0.717) is 22.7 Å². The van der Waals surface area contributed by atoms with Gasteiger partial charge in [-0.3, -0.25) is 19.3 Å². The Balaban J connectivity index is 1.44. The summed E-state index contributed by atoms with van der Waals surface area (Å²) in [7, 11) is 1.45. The third-order valence-electron chi connectivity index (χ3n) is 5.22. The van der Waals surface area contributed by atoms with Crippen molar-refractivity contribution in [2.45, 2.75) is 6.61 Å². The van der Waals surface area contributed by atoms with Gasteiger partial charge in [0.25, 0.3) is 11.1 Å². The number of benzene rings is 3. The molecule has 4 rings (SSSR count). The third kappa shape index (κ3) is 6.62. The zero-order chi connectivity index (χ0) is 26.5. The van der Waals surface area contributed by atoms with E-state index in [0.717, 1.165) is 20.2 Å². The fraction of sp³-hybridized carbons (Fsp3) is 0.115. The van der Waals surface area contributed by atoms with E-state index >= 15 is 0 Å². The molecule has 1 saturated heterocycles. The lowest BCUT2D eigenvalue weighted by atomic mass is 10.1. The molecule has 1 aliphatic rings. The quantitative estimate of drug-likeness (QED) is 0.226. The summed E-state index contributed by atoms with van der Waals surface area (Å²) in [6, 6.07) is 16.4. The highest BCUT2D eigenvalue weighted by atomic mass is 127. The number of nitrogens with zero attached hydrogens (tertiary/aromatic N) is 1. The maximum Gasteiger partial charge on any atom is 0.294 e. The molecular formula is C26H19ClFIN2O5S. The summed E-state index contributed by atoms with van der Waals surface area (Å²) < 4.78 is 26.1. The fourth-order valence-electron chi connectivity index (χ4n) is 3.38. The van der Waals surface area contributed by atoms with E-state index < -0.39 is 29.4 Å². The number of nitrogens with one attached hydrogen (secondary N) is 1. The number of anilines is 1. The van der Waals surface area contributed by atoms with Crippen LogP contribution in [0.2, 0.25) is 5.02 Å². The van der Waals surface area contributed by atoms with Crippen LogP contribution in [-0.4, -0.2) is 35.6 Å². The molecule has 0 atom stereocenters. The highest BCUT2D eigenvalue weighted by Crippen LogP contribution is 2.35. The molecule has 3 aromatic carbocycles. The van der Waals surface area contributed by atoms with Crippen molar-refractivity contribution in [2.75, 3.05) is 19.0 Å². The monoisotopic (exact) mass is 652 g/mol. The van der Waals surface area contributed by atoms with Crippen LogP contribution < -0.4 is 14.8 Å². The standard InChI is InChI=1S/C26H19ClFIN2O5S/c1-35-22-11-15(5-10-21(22)36-14-18-19(27)3-2-4-20(18)28)12-23-25(33)31(26(34)37-23)13-24(32)30-17-8-6-16(29)7-9-17/h2-12H,13-14H2,1H3,(H,30,32)/b23-12-. The molecule has 7 nitrogen and oxygen atoms in total. The Bertz CT molecular complexity index is 1380. The van der Waals surface area contributed by atoms with E-state index in [1.165, 1.54) is 25.3 Å².